The van der Waals surface area contributed by atoms with Gasteiger partial charge in [-0.25, -0.2) is 0 Å². The minimum atomic E-state index is -0.0760. The Morgan fingerprint density at radius 3 is 3.05 bits per heavy atom. The number of hydrogen-bond donors (Lipinski definition) is 1. The molecule has 1 atom stereocenters. The summed E-state index contributed by atoms with van der Waals surface area (Å²) in [6.45, 7) is 2.59. The van der Waals surface area contributed by atoms with Crippen LogP contribution in [0.1, 0.15) is 37.4 Å². The van der Waals surface area contributed by atoms with Crippen LogP contribution in [-0.2, 0) is 4.74 Å². The number of rotatable bonds is 5. The molecule has 0 bridgehead atoms. The molecule has 2 aromatic heterocycles. The van der Waals surface area contributed by atoms with E-state index in [1.54, 1.807) is 12.1 Å². The lowest BCUT2D eigenvalue weighted by atomic mass is 10.2. The lowest BCUT2D eigenvalue weighted by Crippen LogP contribution is -2.08. The van der Waals surface area contributed by atoms with E-state index in [1.165, 1.54) is 0 Å². The average Bonchev–Trinajstić information content (AvgIpc) is 2.96. The summed E-state index contributed by atoms with van der Waals surface area (Å²) >= 11 is 0. The van der Waals surface area contributed by atoms with Gasteiger partial charge in [0.05, 0.1) is 0 Å². The van der Waals surface area contributed by atoms with E-state index >= 15 is 0 Å². The van der Waals surface area contributed by atoms with Crippen LogP contribution < -0.4 is 0 Å². The van der Waals surface area contributed by atoms with Gasteiger partial charge in [-0.1, -0.05) is 5.16 Å². The Morgan fingerprint density at radius 1 is 1.58 bits per heavy atom. The van der Waals surface area contributed by atoms with Gasteiger partial charge in [-0.15, -0.1) is 0 Å². The maximum absolute atomic E-state index is 8.77. The highest BCUT2D eigenvalue weighted by molar-refractivity contribution is 5.49. The smallest absolute Gasteiger partial charge is 0.274 e. The highest BCUT2D eigenvalue weighted by Crippen LogP contribution is 2.42. The number of aromatic amines is 1. The zero-order chi connectivity index (χ0) is 13.2. The molecule has 0 spiro atoms. The Kier molecular flexibility index (Phi) is 3.05. The molecule has 2 heterocycles. The van der Waals surface area contributed by atoms with E-state index in [4.69, 9.17) is 14.5 Å². The van der Waals surface area contributed by atoms with Crippen molar-refractivity contribution in [3.63, 3.8) is 0 Å². The monoisotopic (exact) mass is 258 g/mol. The SMILES string of the molecule is CCOC(c1noc(-c2ccc(C#N)[nH]2)n1)C1CC1. The van der Waals surface area contributed by atoms with Crippen LogP contribution in [0.2, 0.25) is 0 Å². The third-order valence-electron chi connectivity index (χ3n) is 3.13. The predicted molar refractivity (Wildman–Crippen MR) is 65.9 cm³/mol. The van der Waals surface area contributed by atoms with Gasteiger partial charge in [0.1, 0.15) is 23.6 Å². The van der Waals surface area contributed by atoms with Crippen molar-refractivity contribution in [1.82, 2.24) is 15.1 Å². The molecular weight excluding hydrogens is 244 g/mol. The van der Waals surface area contributed by atoms with Gasteiger partial charge < -0.3 is 14.2 Å². The first-order chi connectivity index (χ1) is 9.31. The van der Waals surface area contributed by atoms with Crippen LogP contribution >= 0.6 is 0 Å². The van der Waals surface area contributed by atoms with Crippen LogP contribution in [0.4, 0.5) is 0 Å². The van der Waals surface area contributed by atoms with Gasteiger partial charge >= 0.3 is 0 Å². The van der Waals surface area contributed by atoms with Crippen LogP contribution in [0, 0.1) is 17.2 Å². The topological polar surface area (TPSA) is 87.7 Å². The number of nitrogens with one attached hydrogen (secondary N) is 1. The summed E-state index contributed by atoms with van der Waals surface area (Å²) in [5.74, 6) is 1.48. The van der Waals surface area contributed by atoms with Crippen molar-refractivity contribution in [2.45, 2.75) is 25.9 Å². The van der Waals surface area contributed by atoms with E-state index in [0.29, 0.717) is 35.6 Å². The van der Waals surface area contributed by atoms with E-state index in [0.717, 1.165) is 12.8 Å². The van der Waals surface area contributed by atoms with Gasteiger partial charge in [0.25, 0.3) is 5.89 Å². The molecule has 1 aliphatic rings. The highest BCUT2D eigenvalue weighted by Gasteiger charge is 2.36. The normalized spacial score (nSPS) is 16.2. The first-order valence-electron chi connectivity index (χ1n) is 6.36. The van der Waals surface area contributed by atoms with E-state index < -0.39 is 0 Å². The molecule has 6 heteroatoms. The van der Waals surface area contributed by atoms with Gasteiger partial charge in [0, 0.05) is 6.61 Å². The first kappa shape index (κ1) is 11.9. The number of hydrogen-bond acceptors (Lipinski definition) is 5. The predicted octanol–water partition coefficient (Wildman–Crippen LogP) is 2.42. The number of nitrogens with zero attached hydrogens (tertiary/aromatic N) is 3. The van der Waals surface area contributed by atoms with Crippen LogP contribution in [0.5, 0.6) is 0 Å². The second-order valence-corrected chi connectivity index (χ2v) is 4.57. The summed E-state index contributed by atoms with van der Waals surface area (Å²) < 4.78 is 10.9. The van der Waals surface area contributed by atoms with Crippen LogP contribution in [0.25, 0.3) is 11.6 Å². The lowest BCUT2D eigenvalue weighted by Gasteiger charge is -2.10. The Hall–Kier alpha value is -2.13. The third kappa shape index (κ3) is 2.37. The van der Waals surface area contributed by atoms with E-state index in [-0.39, 0.29) is 6.10 Å². The fourth-order valence-electron chi connectivity index (χ4n) is 2.04. The molecule has 1 N–H and O–H groups in total. The lowest BCUT2D eigenvalue weighted by molar-refractivity contribution is 0.0385. The molecule has 1 fully saturated rings. The Labute approximate surface area is 110 Å². The maximum atomic E-state index is 8.77. The van der Waals surface area contributed by atoms with Crippen LogP contribution in [0.15, 0.2) is 16.7 Å². The number of nitriles is 1. The quantitative estimate of drug-likeness (QED) is 0.889. The highest BCUT2D eigenvalue weighted by atomic mass is 16.5. The van der Waals surface area contributed by atoms with Crippen molar-refractivity contribution in [3.05, 3.63) is 23.7 Å². The molecule has 3 rings (SSSR count). The minimum absolute atomic E-state index is 0.0760. The van der Waals surface area contributed by atoms with Crippen molar-refractivity contribution in [3.8, 4) is 17.7 Å². The molecule has 0 amide bonds. The average molecular weight is 258 g/mol. The van der Waals surface area contributed by atoms with E-state index in [9.17, 15) is 0 Å². The fourth-order valence-corrected chi connectivity index (χ4v) is 2.04. The molecule has 19 heavy (non-hydrogen) atoms. The van der Waals surface area contributed by atoms with Gasteiger partial charge in [-0.2, -0.15) is 10.2 Å². The molecule has 1 unspecified atom stereocenters. The molecule has 98 valence electrons. The number of H-pyrrole nitrogens is 1. The number of ether oxygens (including phenoxy) is 1. The summed E-state index contributed by atoms with van der Waals surface area (Å²) in [5, 5.41) is 12.8. The van der Waals surface area contributed by atoms with Gasteiger partial charge in [-0.05, 0) is 37.8 Å². The maximum Gasteiger partial charge on any atom is 0.274 e. The van der Waals surface area contributed by atoms with E-state index in [2.05, 4.69) is 15.1 Å². The summed E-state index contributed by atoms with van der Waals surface area (Å²) in [5.41, 5.74) is 1.12. The third-order valence-corrected chi connectivity index (χ3v) is 3.13. The summed E-state index contributed by atoms with van der Waals surface area (Å²) in [6.07, 6.45) is 2.22. The van der Waals surface area contributed by atoms with Gasteiger partial charge in [0.15, 0.2) is 0 Å². The number of aromatic nitrogens is 3. The Bertz CT molecular complexity index is 606. The largest absolute Gasteiger partial charge is 0.370 e. The standard InChI is InChI=1S/C13H14N4O2/c1-2-18-11(8-3-4-8)12-16-13(19-17-12)10-6-5-9(7-14)15-10/h5-6,8,11,15H,2-4H2,1H3. The molecule has 0 saturated heterocycles. The first-order valence-corrected chi connectivity index (χ1v) is 6.36. The summed E-state index contributed by atoms with van der Waals surface area (Å²) in [6, 6.07) is 5.46. The second kappa shape index (κ2) is 4.86. The van der Waals surface area contributed by atoms with Crippen molar-refractivity contribution in [1.29, 1.82) is 5.26 Å². The molecule has 6 nitrogen and oxygen atoms in total. The molecular formula is C13H14N4O2. The zero-order valence-electron chi connectivity index (χ0n) is 10.6. The van der Waals surface area contributed by atoms with Crippen molar-refractivity contribution in [2.24, 2.45) is 5.92 Å². The fraction of sp³-hybridized carbons (Fsp3) is 0.462. The molecule has 1 aliphatic carbocycles. The van der Waals surface area contributed by atoms with Gasteiger partial charge in [0.2, 0.25) is 5.82 Å². The van der Waals surface area contributed by atoms with E-state index in [1.807, 2.05) is 13.0 Å². The molecule has 0 aromatic carbocycles. The van der Waals surface area contributed by atoms with Crippen LogP contribution in [-0.4, -0.2) is 21.7 Å². The summed E-state index contributed by atoms with van der Waals surface area (Å²) in [7, 11) is 0. The molecule has 1 saturated carbocycles. The van der Waals surface area contributed by atoms with Crippen LogP contribution in [0.3, 0.4) is 0 Å². The van der Waals surface area contributed by atoms with Gasteiger partial charge in [-0.3, -0.25) is 0 Å². The second-order valence-electron chi connectivity index (χ2n) is 4.57. The molecule has 0 radical (unpaired) electrons. The Balaban J connectivity index is 1.83. The van der Waals surface area contributed by atoms with Crippen molar-refractivity contribution >= 4 is 0 Å². The molecule has 2 aromatic rings. The van der Waals surface area contributed by atoms with Crippen molar-refractivity contribution < 1.29 is 9.26 Å². The van der Waals surface area contributed by atoms with Crippen molar-refractivity contribution in [2.75, 3.05) is 6.61 Å². The summed E-state index contributed by atoms with van der Waals surface area (Å²) in [4.78, 5) is 7.27. The Morgan fingerprint density at radius 2 is 2.42 bits per heavy atom. The molecule has 0 aliphatic heterocycles. The zero-order valence-corrected chi connectivity index (χ0v) is 10.6. The minimum Gasteiger partial charge on any atom is -0.370 e.